The maximum absolute atomic E-state index is 11.4. The molecule has 0 saturated carbocycles. The minimum absolute atomic E-state index is 0.0515. The molecule has 1 aromatic heterocycles. The van der Waals surface area contributed by atoms with Crippen molar-refractivity contribution in [2.75, 3.05) is 0 Å². The Bertz CT molecular complexity index is 1160. The van der Waals surface area contributed by atoms with Gasteiger partial charge >= 0.3 is 5.97 Å². The molecular formula is C22H16BrClN2O2. The molecule has 2 aromatic carbocycles. The lowest BCUT2D eigenvalue weighted by molar-refractivity contribution is 0.0697. The van der Waals surface area contributed by atoms with Gasteiger partial charge in [0.05, 0.1) is 22.2 Å². The van der Waals surface area contributed by atoms with Crippen molar-refractivity contribution in [3.8, 4) is 11.8 Å². The number of halogens is 2. The largest absolute Gasteiger partial charge is 0.478 e. The summed E-state index contributed by atoms with van der Waals surface area (Å²) >= 11 is 9.42. The van der Waals surface area contributed by atoms with Crippen LogP contribution in [-0.2, 0) is 0 Å². The fraction of sp³-hybridized carbons (Fsp3) is 0.0909. The van der Waals surface area contributed by atoms with E-state index in [0.29, 0.717) is 11.3 Å². The third kappa shape index (κ3) is 3.89. The van der Waals surface area contributed by atoms with E-state index in [1.54, 1.807) is 18.2 Å². The van der Waals surface area contributed by atoms with Crippen LogP contribution in [0, 0.1) is 25.2 Å². The van der Waals surface area contributed by atoms with Gasteiger partial charge in [-0.15, -0.1) is 0 Å². The minimum Gasteiger partial charge on any atom is -0.478 e. The Balaban J connectivity index is 2.11. The number of aromatic carboxylic acids is 1. The molecule has 140 valence electrons. The molecule has 28 heavy (non-hydrogen) atoms. The summed E-state index contributed by atoms with van der Waals surface area (Å²) in [5, 5.41) is 19.2. The van der Waals surface area contributed by atoms with Gasteiger partial charge in [-0.1, -0.05) is 39.7 Å². The zero-order chi connectivity index (χ0) is 20.4. The summed E-state index contributed by atoms with van der Waals surface area (Å²) in [5.41, 5.74) is 4.84. The molecule has 0 aliphatic heterocycles. The van der Waals surface area contributed by atoms with Gasteiger partial charge in [-0.2, -0.15) is 5.26 Å². The SMILES string of the molecule is Cc1cc(/C=C(/C#N)c2cccc(Br)c2)c(C)n1-c1ccc(Cl)c(C(=O)O)c1. The second-order valence-electron chi connectivity index (χ2n) is 6.31. The summed E-state index contributed by atoms with van der Waals surface area (Å²) in [6.45, 7) is 3.87. The highest BCUT2D eigenvalue weighted by Gasteiger charge is 2.15. The summed E-state index contributed by atoms with van der Waals surface area (Å²) < 4.78 is 2.85. The number of benzene rings is 2. The van der Waals surface area contributed by atoms with Crippen molar-refractivity contribution in [2.45, 2.75) is 13.8 Å². The molecule has 1 N–H and O–H groups in total. The molecule has 0 aliphatic rings. The molecule has 6 heteroatoms. The second kappa shape index (κ2) is 8.05. The third-order valence-corrected chi connectivity index (χ3v) is 5.29. The van der Waals surface area contributed by atoms with E-state index >= 15 is 0 Å². The molecule has 0 spiro atoms. The Kier molecular flexibility index (Phi) is 5.73. The lowest BCUT2D eigenvalue weighted by Gasteiger charge is -2.11. The fourth-order valence-corrected chi connectivity index (χ4v) is 3.74. The smallest absolute Gasteiger partial charge is 0.337 e. The number of aryl methyl sites for hydroxylation is 1. The number of aromatic nitrogens is 1. The van der Waals surface area contributed by atoms with Gasteiger partial charge in [-0.05, 0) is 67.4 Å². The molecule has 0 bridgehead atoms. The Morgan fingerprint density at radius 2 is 1.96 bits per heavy atom. The summed E-state index contributed by atoms with van der Waals surface area (Å²) in [5.74, 6) is -1.07. The van der Waals surface area contributed by atoms with Crippen molar-refractivity contribution < 1.29 is 9.90 Å². The number of carboxylic acids is 1. The van der Waals surface area contributed by atoms with E-state index in [-0.39, 0.29) is 10.6 Å². The van der Waals surface area contributed by atoms with E-state index in [4.69, 9.17) is 11.6 Å². The quantitative estimate of drug-likeness (QED) is 0.471. The molecule has 3 aromatic rings. The summed E-state index contributed by atoms with van der Waals surface area (Å²) in [7, 11) is 0. The van der Waals surface area contributed by atoms with Crippen LogP contribution in [0.15, 0.2) is 53.0 Å². The third-order valence-electron chi connectivity index (χ3n) is 4.46. The topological polar surface area (TPSA) is 66.0 Å². The standard InChI is InChI=1S/C22H16BrClN2O2/c1-13-8-16(9-17(12-25)15-4-3-5-18(23)10-15)14(2)26(13)19-6-7-21(24)20(11-19)22(27)28/h3-11H,1-2H3,(H,27,28)/b17-9-. The molecule has 0 atom stereocenters. The molecule has 0 radical (unpaired) electrons. The molecule has 0 fully saturated rings. The second-order valence-corrected chi connectivity index (χ2v) is 7.63. The molecule has 3 rings (SSSR count). The van der Waals surface area contributed by atoms with E-state index in [1.165, 1.54) is 0 Å². The molecular weight excluding hydrogens is 440 g/mol. The normalized spacial score (nSPS) is 11.3. The average molecular weight is 456 g/mol. The van der Waals surface area contributed by atoms with Gasteiger partial charge in [0.15, 0.2) is 0 Å². The molecule has 0 unspecified atom stereocenters. The Morgan fingerprint density at radius 1 is 1.21 bits per heavy atom. The van der Waals surface area contributed by atoms with Crippen molar-refractivity contribution in [2.24, 2.45) is 0 Å². The predicted octanol–water partition coefficient (Wildman–Crippen LogP) is 6.27. The lowest BCUT2D eigenvalue weighted by Crippen LogP contribution is -2.03. The van der Waals surface area contributed by atoms with Gasteiger partial charge in [0.2, 0.25) is 0 Å². The molecule has 0 amide bonds. The molecule has 4 nitrogen and oxygen atoms in total. The van der Waals surface area contributed by atoms with Crippen molar-refractivity contribution in [1.82, 2.24) is 4.57 Å². The van der Waals surface area contributed by atoms with Crippen LogP contribution in [0.3, 0.4) is 0 Å². The highest BCUT2D eigenvalue weighted by atomic mass is 79.9. The maximum Gasteiger partial charge on any atom is 0.337 e. The highest BCUT2D eigenvalue weighted by molar-refractivity contribution is 9.10. The van der Waals surface area contributed by atoms with E-state index < -0.39 is 5.97 Å². The predicted molar refractivity (Wildman–Crippen MR) is 115 cm³/mol. The van der Waals surface area contributed by atoms with Gasteiger partial charge in [0.1, 0.15) is 0 Å². The zero-order valence-corrected chi connectivity index (χ0v) is 17.5. The van der Waals surface area contributed by atoms with Crippen LogP contribution in [0.25, 0.3) is 17.3 Å². The van der Waals surface area contributed by atoms with Crippen LogP contribution < -0.4 is 0 Å². The summed E-state index contributed by atoms with van der Waals surface area (Å²) in [6, 6.07) is 16.7. The fourth-order valence-electron chi connectivity index (χ4n) is 3.14. The average Bonchev–Trinajstić information content (AvgIpc) is 2.93. The Morgan fingerprint density at radius 3 is 2.61 bits per heavy atom. The van der Waals surface area contributed by atoms with Crippen LogP contribution in [-0.4, -0.2) is 15.6 Å². The Labute approximate surface area is 176 Å². The first-order valence-electron chi connectivity index (χ1n) is 8.41. The number of hydrogen-bond donors (Lipinski definition) is 1. The van der Waals surface area contributed by atoms with Crippen LogP contribution in [0.2, 0.25) is 5.02 Å². The number of nitrogens with zero attached hydrogens (tertiary/aromatic N) is 2. The first-order valence-corrected chi connectivity index (χ1v) is 9.59. The lowest BCUT2D eigenvalue weighted by atomic mass is 10.0. The maximum atomic E-state index is 11.4. The number of nitriles is 1. The van der Waals surface area contributed by atoms with Crippen LogP contribution >= 0.6 is 27.5 Å². The molecule has 1 heterocycles. The van der Waals surface area contributed by atoms with Gasteiger partial charge in [-0.25, -0.2) is 4.79 Å². The van der Waals surface area contributed by atoms with E-state index in [9.17, 15) is 15.2 Å². The highest BCUT2D eigenvalue weighted by Crippen LogP contribution is 2.28. The number of allylic oxidation sites excluding steroid dienone is 1. The van der Waals surface area contributed by atoms with Crippen molar-refractivity contribution in [1.29, 1.82) is 5.26 Å². The van der Waals surface area contributed by atoms with Gasteiger partial charge in [0.25, 0.3) is 0 Å². The van der Waals surface area contributed by atoms with Crippen molar-refractivity contribution in [3.63, 3.8) is 0 Å². The number of rotatable bonds is 4. The van der Waals surface area contributed by atoms with Crippen molar-refractivity contribution in [3.05, 3.63) is 86.1 Å². The number of carbonyl (C=O) groups is 1. The Hall–Kier alpha value is -2.81. The van der Waals surface area contributed by atoms with Gasteiger partial charge < -0.3 is 9.67 Å². The van der Waals surface area contributed by atoms with E-state index in [2.05, 4.69) is 22.0 Å². The van der Waals surface area contributed by atoms with Crippen LogP contribution in [0.5, 0.6) is 0 Å². The molecule has 0 saturated heterocycles. The summed E-state index contributed by atoms with van der Waals surface area (Å²) in [6.07, 6.45) is 1.84. The summed E-state index contributed by atoms with van der Waals surface area (Å²) in [4.78, 5) is 11.4. The van der Waals surface area contributed by atoms with Crippen LogP contribution in [0.1, 0.15) is 32.9 Å². The first-order chi connectivity index (χ1) is 13.3. The number of hydrogen-bond acceptors (Lipinski definition) is 2. The molecule has 0 aliphatic carbocycles. The van der Waals surface area contributed by atoms with Crippen LogP contribution in [0.4, 0.5) is 0 Å². The van der Waals surface area contributed by atoms with E-state index in [1.807, 2.05) is 54.8 Å². The van der Waals surface area contributed by atoms with Crippen molar-refractivity contribution >= 4 is 45.1 Å². The monoisotopic (exact) mass is 454 g/mol. The van der Waals surface area contributed by atoms with Gasteiger partial charge in [0, 0.05) is 21.5 Å². The number of carboxylic acid groups (broad SMARTS) is 1. The minimum atomic E-state index is -1.07. The first kappa shape index (κ1) is 19.9. The van der Waals surface area contributed by atoms with Gasteiger partial charge in [-0.3, -0.25) is 0 Å². The zero-order valence-electron chi connectivity index (χ0n) is 15.2. The van der Waals surface area contributed by atoms with E-state index in [0.717, 1.165) is 27.0 Å².